The average Bonchev–Trinajstić information content (AvgIpc) is 2.74. The topological polar surface area (TPSA) is 55.8 Å². The summed E-state index contributed by atoms with van der Waals surface area (Å²) in [5, 5.41) is 7.63. The zero-order valence-corrected chi connectivity index (χ0v) is 22.7. The van der Waals surface area contributed by atoms with Gasteiger partial charge in [0.15, 0.2) is 5.96 Å². The minimum atomic E-state index is 0. The Morgan fingerprint density at radius 3 is 2.47 bits per heavy atom. The molecule has 1 aliphatic heterocycles. The van der Waals surface area contributed by atoms with E-state index >= 15 is 0 Å². The van der Waals surface area contributed by atoms with E-state index in [0.717, 1.165) is 61.5 Å². The molecule has 0 spiro atoms. The van der Waals surface area contributed by atoms with Crippen molar-refractivity contribution in [3.05, 3.63) is 58.7 Å². The predicted molar refractivity (Wildman–Crippen MR) is 147 cm³/mol. The summed E-state index contributed by atoms with van der Waals surface area (Å²) >= 11 is 6.13. The van der Waals surface area contributed by atoms with Gasteiger partial charge in [0, 0.05) is 57.5 Å². The summed E-state index contributed by atoms with van der Waals surface area (Å²) < 4.78 is 0. The van der Waals surface area contributed by atoms with Crippen LogP contribution in [0.15, 0.2) is 47.6 Å². The molecule has 0 saturated carbocycles. The molecule has 0 aliphatic carbocycles. The van der Waals surface area contributed by atoms with E-state index < -0.39 is 0 Å². The van der Waals surface area contributed by atoms with Gasteiger partial charge in [-0.2, -0.15) is 0 Å². The molecule has 2 N–H and O–H groups in total. The van der Waals surface area contributed by atoms with Gasteiger partial charge in [-0.25, -0.2) is 4.98 Å². The summed E-state index contributed by atoms with van der Waals surface area (Å²) in [6.45, 7) is 10.2. The fraction of sp³-hybridized carbons (Fsp3) is 0.500. The second-order valence-corrected chi connectivity index (χ2v) is 9.50. The summed E-state index contributed by atoms with van der Waals surface area (Å²) in [5.74, 6) is 1.85. The highest BCUT2D eigenvalue weighted by Crippen LogP contribution is 2.22. The second kappa shape index (κ2) is 12.6. The zero-order valence-electron chi connectivity index (χ0n) is 19.6. The van der Waals surface area contributed by atoms with E-state index in [4.69, 9.17) is 11.6 Å². The molecule has 2 aromatic rings. The van der Waals surface area contributed by atoms with Gasteiger partial charge in [0.25, 0.3) is 0 Å². The SMILES string of the molecule is CN=C(NCc1ccc(N2CCN(C)CC2)nc1)NCC(C)(C)Cc1cccc(Cl)c1.I. The van der Waals surface area contributed by atoms with Crippen LogP contribution in [0, 0.1) is 5.41 Å². The fourth-order valence-electron chi connectivity index (χ4n) is 3.74. The quantitative estimate of drug-likeness (QED) is 0.299. The number of benzene rings is 1. The largest absolute Gasteiger partial charge is 0.356 e. The summed E-state index contributed by atoms with van der Waals surface area (Å²) in [4.78, 5) is 13.7. The maximum atomic E-state index is 6.13. The molecule has 0 bridgehead atoms. The number of hydrogen-bond donors (Lipinski definition) is 2. The number of anilines is 1. The maximum Gasteiger partial charge on any atom is 0.191 e. The number of aromatic nitrogens is 1. The van der Waals surface area contributed by atoms with E-state index in [-0.39, 0.29) is 29.4 Å². The molecular formula is C24H36ClIN6. The molecule has 0 amide bonds. The third-order valence-corrected chi connectivity index (χ3v) is 5.86. The van der Waals surface area contributed by atoms with Crippen molar-refractivity contribution in [2.24, 2.45) is 10.4 Å². The lowest BCUT2D eigenvalue weighted by Gasteiger charge is -2.33. The van der Waals surface area contributed by atoms with E-state index in [9.17, 15) is 0 Å². The van der Waals surface area contributed by atoms with Gasteiger partial charge in [-0.3, -0.25) is 4.99 Å². The Morgan fingerprint density at radius 1 is 1.09 bits per heavy atom. The van der Waals surface area contributed by atoms with Crippen LogP contribution in [0.5, 0.6) is 0 Å². The Morgan fingerprint density at radius 2 is 1.84 bits per heavy atom. The molecule has 8 heteroatoms. The molecule has 176 valence electrons. The smallest absolute Gasteiger partial charge is 0.191 e. The first-order chi connectivity index (χ1) is 14.8. The first kappa shape index (κ1) is 26.7. The van der Waals surface area contributed by atoms with Crippen LogP contribution in [-0.4, -0.2) is 62.7 Å². The summed E-state index contributed by atoms with van der Waals surface area (Å²) in [5.41, 5.74) is 2.45. The fourth-order valence-corrected chi connectivity index (χ4v) is 3.95. The van der Waals surface area contributed by atoms with Crippen LogP contribution in [0.4, 0.5) is 5.82 Å². The number of guanidine groups is 1. The first-order valence-corrected chi connectivity index (χ1v) is 11.3. The lowest BCUT2D eigenvalue weighted by Crippen LogP contribution is -2.44. The lowest BCUT2D eigenvalue weighted by atomic mass is 9.86. The van der Waals surface area contributed by atoms with Crippen molar-refractivity contribution in [1.29, 1.82) is 0 Å². The molecule has 6 nitrogen and oxygen atoms in total. The third-order valence-electron chi connectivity index (χ3n) is 5.63. The second-order valence-electron chi connectivity index (χ2n) is 9.07. The Balaban J connectivity index is 0.00000363. The highest BCUT2D eigenvalue weighted by atomic mass is 127. The lowest BCUT2D eigenvalue weighted by molar-refractivity contribution is 0.312. The van der Waals surface area contributed by atoms with Crippen molar-refractivity contribution in [3.63, 3.8) is 0 Å². The minimum Gasteiger partial charge on any atom is -0.356 e. The van der Waals surface area contributed by atoms with Gasteiger partial charge < -0.3 is 20.4 Å². The molecule has 1 aromatic heterocycles. The normalized spacial score (nSPS) is 15.3. The number of aliphatic imine (C=N–C) groups is 1. The zero-order chi connectivity index (χ0) is 22.3. The maximum absolute atomic E-state index is 6.13. The van der Waals surface area contributed by atoms with E-state index in [1.165, 1.54) is 5.56 Å². The van der Waals surface area contributed by atoms with E-state index in [1.54, 1.807) is 7.05 Å². The van der Waals surface area contributed by atoms with Crippen LogP contribution in [0.1, 0.15) is 25.0 Å². The van der Waals surface area contributed by atoms with Gasteiger partial charge in [-0.15, -0.1) is 24.0 Å². The van der Waals surface area contributed by atoms with Crippen molar-refractivity contribution in [1.82, 2.24) is 20.5 Å². The number of pyridine rings is 1. The Hall–Kier alpha value is -1.58. The Labute approximate surface area is 214 Å². The van der Waals surface area contributed by atoms with Crippen molar-refractivity contribution in [3.8, 4) is 0 Å². The Bertz CT molecular complexity index is 863. The summed E-state index contributed by atoms with van der Waals surface area (Å²) in [7, 11) is 3.97. The number of piperazine rings is 1. The molecule has 0 radical (unpaired) electrons. The van der Waals surface area contributed by atoms with Crippen LogP contribution in [-0.2, 0) is 13.0 Å². The number of likely N-dealkylation sites (N-methyl/N-ethyl adjacent to an activating group) is 1. The number of rotatable bonds is 7. The predicted octanol–water partition coefficient (Wildman–Crippen LogP) is 4.04. The van der Waals surface area contributed by atoms with E-state index in [1.807, 2.05) is 24.4 Å². The monoisotopic (exact) mass is 570 g/mol. The van der Waals surface area contributed by atoms with Crippen molar-refractivity contribution in [2.75, 3.05) is 51.7 Å². The molecule has 1 fully saturated rings. The average molecular weight is 571 g/mol. The van der Waals surface area contributed by atoms with Gasteiger partial charge in [-0.1, -0.05) is 43.6 Å². The molecule has 32 heavy (non-hydrogen) atoms. The molecule has 3 rings (SSSR count). The summed E-state index contributed by atoms with van der Waals surface area (Å²) in [6, 6.07) is 12.3. The highest BCUT2D eigenvalue weighted by molar-refractivity contribution is 14.0. The highest BCUT2D eigenvalue weighted by Gasteiger charge is 2.19. The first-order valence-electron chi connectivity index (χ1n) is 10.9. The van der Waals surface area contributed by atoms with Crippen LogP contribution >= 0.6 is 35.6 Å². The molecular weight excluding hydrogens is 535 g/mol. The van der Waals surface area contributed by atoms with Crippen molar-refractivity contribution in [2.45, 2.75) is 26.8 Å². The van der Waals surface area contributed by atoms with Crippen LogP contribution in [0.25, 0.3) is 0 Å². The summed E-state index contributed by atoms with van der Waals surface area (Å²) in [6.07, 6.45) is 2.90. The van der Waals surface area contributed by atoms with Crippen LogP contribution in [0.2, 0.25) is 5.02 Å². The molecule has 2 heterocycles. The number of nitrogens with one attached hydrogen (secondary N) is 2. The van der Waals surface area contributed by atoms with Crippen LogP contribution in [0.3, 0.4) is 0 Å². The molecule has 1 saturated heterocycles. The van der Waals surface area contributed by atoms with Gasteiger partial charge >= 0.3 is 0 Å². The molecule has 0 atom stereocenters. The molecule has 1 aromatic carbocycles. The number of hydrogen-bond acceptors (Lipinski definition) is 4. The standard InChI is InChI=1S/C24H35ClN6.HI/c1-24(2,15-19-6-5-7-21(25)14-19)18-29-23(26-3)28-17-20-8-9-22(27-16-20)31-12-10-30(4)11-13-31;/h5-9,14,16H,10-13,15,17-18H2,1-4H3,(H2,26,28,29);1H. The van der Waals surface area contributed by atoms with E-state index in [0.29, 0.717) is 6.54 Å². The molecule has 1 aliphatic rings. The van der Waals surface area contributed by atoms with Gasteiger partial charge in [0.1, 0.15) is 5.82 Å². The van der Waals surface area contributed by atoms with Crippen LogP contribution < -0.4 is 15.5 Å². The van der Waals surface area contributed by atoms with Gasteiger partial charge in [0.2, 0.25) is 0 Å². The minimum absolute atomic E-state index is 0. The number of halogens is 2. The Kier molecular flexibility index (Phi) is 10.5. The number of nitrogens with zero attached hydrogens (tertiary/aromatic N) is 4. The van der Waals surface area contributed by atoms with Gasteiger partial charge in [-0.05, 0) is 48.2 Å². The van der Waals surface area contributed by atoms with Crippen molar-refractivity contribution < 1.29 is 0 Å². The third kappa shape index (κ3) is 8.41. The van der Waals surface area contributed by atoms with Gasteiger partial charge in [0.05, 0.1) is 0 Å². The molecule has 0 unspecified atom stereocenters. The van der Waals surface area contributed by atoms with E-state index in [2.05, 4.69) is 69.5 Å². The van der Waals surface area contributed by atoms with Crippen molar-refractivity contribution >= 4 is 47.4 Å².